The van der Waals surface area contributed by atoms with E-state index in [-0.39, 0.29) is 16.7 Å². The highest BCUT2D eigenvalue weighted by atomic mass is 32.2. The van der Waals surface area contributed by atoms with E-state index in [0.29, 0.717) is 5.56 Å². The Labute approximate surface area is 131 Å². The summed E-state index contributed by atoms with van der Waals surface area (Å²) < 4.78 is 26.8. The van der Waals surface area contributed by atoms with Crippen LogP contribution in [-0.4, -0.2) is 25.6 Å². The lowest BCUT2D eigenvalue weighted by Crippen LogP contribution is -2.29. The minimum atomic E-state index is -3.66. The molecule has 0 amide bonds. The van der Waals surface area contributed by atoms with Gasteiger partial charge in [0.15, 0.2) is 5.78 Å². The van der Waals surface area contributed by atoms with Crippen molar-refractivity contribution in [3.8, 4) is 0 Å². The predicted molar refractivity (Wildman–Crippen MR) is 86.3 cm³/mol. The van der Waals surface area contributed by atoms with E-state index in [1.54, 1.807) is 19.2 Å². The van der Waals surface area contributed by atoms with Crippen LogP contribution in [0.25, 0.3) is 0 Å². The number of carbonyl (C=O) groups is 1. The molecule has 1 atom stereocenters. The maximum absolute atomic E-state index is 12.7. The minimum absolute atomic E-state index is 0.130. The maximum atomic E-state index is 12.7. The smallest absolute Gasteiger partial charge is 0.243 e. The molecule has 0 aliphatic heterocycles. The van der Waals surface area contributed by atoms with Crippen molar-refractivity contribution in [2.45, 2.75) is 24.8 Å². The fourth-order valence-corrected chi connectivity index (χ4v) is 3.59. The van der Waals surface area contributed by atoms with Crippen LogP contribution in [0.15, 0.2) is 59.5 Å². The highest BCUT2D eigenvalue weighted by Gasteiger charge is 2.26. The molecule has 0 aromatic heterocycles. The lowest BCUT2D eigenvalue weighted by molar-refractivity contribution is 0.101. The number of Topliss-reactive ketones (excluding diaryl/α,β-unsaturated/α-hetero) is 1. The molecular formula is C17H19NO3S. The number of rotatable bonds is 5. The summed E-state index contributed by atoms with van der Waals surface area (Å²) in [7, 11) is -2.11. The normalized spacial score (nSPS) is 13.1. The molecule has 0 saturated carbocycles. The lowest BCUT2D eigenvalue weighted by atomic mass is 10.1. The zero-order chi connectivity index (χ0) is 16.3. The van der Waals surface area contributed by atoms with E-state index in [0.717, 1.165) is 5.56 Å². The van der Waals surface area contributed by atoms with Crippen LogP contribution in [0.5, 0.6) is 0 Å². The van der Waals surface area contributed by atoms with Gasteiger partial charge in [-0.3, -0.25) is 4.79 Å². The average molecular weight is 317 g/mol. The van der Waals surface area contributed by atoms with Crippen molar-refractivity contribution in [1.82, 2.24) is 4.31 Å². The number of benzene rings is 2. The molecule has 22 heavy (non-hydrogen) atoms. The molecule has 0 aliphatic carbocycles. The van der Waals surface area contributed by atoms with E-state index in [9.17, 15) is 13.2 Å². The van der Waals surface area contributed by atoms with Gasteiger partial charge in [0.25, 0.3) is 0 Å². The summed E-state index contributed by atoms with van der Waals surface area (Å²) in [5.74, 6) is -0.157. The predicted octanol–water partition coefficient (Wildman–Crippen LogP) is 3.27. The summed E-state index contributed by atoms with van der Waals surface area (Å²) >= 11 is 0. The monoisotopic (exact) mass is 317 g/mol. The summed E-state index contributed by atoms with van der Waals surface area (Å²) in [4.78, 5) is 11.6. The molecule has 0 aliphatic rings. The molecule has 116 valence electrons. The van der Waals surface area contributed by atoms with Crippen molar-refractivity contribution in [2.24, 2.45) is 0 Å². The molecular weight excluding hydrogens is 298 g/mol. The van der Waals surface area contributed by atoms with Crippen LogP contribution >= 0.6 is 0 Å². The molecule has 0 N–H and O–H groups in total. The van der Waals surface area contributed by atoms with Gasteiger partial charge in [-0.15, -0.1) is 0 Å². The van der Waals surface area contributed by atoms with Gasteiger partial charge in [0.2, 0.25) is 10.0 Å². The Kier molecular flexibility index (Phi) is 4.78. The summed E-state index contributed by atoms with van der Waals surface area (Å²) in [5, 5.41) is 0. The molecule has 0 fully saturated rings. The summed E-state index contributed by atoms with van der Waals surface area (Å²) in [5.41, 5.74) is 1.30. The van der Waals surface area contributed by atoms with Gasteiger partial charge in [-0.1, -0.05) is 42.5 Å². The van der Waals surface area contributed by atoms with Crippen molar-refractivity contribution >= 4 is 15.8 Å². The summed E-state index contributed by atoms with van der Waals surface area (Å²) in [6, 6.07) is 15.3. The number of sulfonamides is 1. The van der Waals surface area contributed by atoms with Crippen LogP contribution in [-0.2, 0) is 10.0 Å². The van der Waals surface area contributed by atoms with Crippen LogP contribution in [0, 0.1) is 0 Å². The highest BCUT2D eigenvalue weighted by Crippen LogP contribution is 2.26. The van der Waals surface area contributed by atoms with E-state index in [1.165, 1.54) is 23.4 Å². The van der Waals surface area contributed by atoms with E-state index in [1.807, 2.05) is 37.3 Å². The minimum Gasteiger partial charge on any atom is -0.295 e. The van der Waals surface area contributed by atoms with Crippen LogP contribution in [0.2, 0.25) is 0 Å². The first-order valence-electron chi connectivity index (χ1n) is 6.98. The van der Waals surface area contributed by atoms with Gasteiger partial charge < -0.3 is 0 Å². The quantitative estimate of drug-likeness (QED) is 0.795. The van der Waals surface area contributed by atoms with E-state index < -0.39 is 10.0 Å². The molecule has 0 bridgehead atoms. The van der Waals surface area contributed by atoms with Gasteiger partial charge in [0.1, 0.15) is 0 Å². The number of nitrogens with zero attached hydrogens (tertiary/aromatic N) is 1. The first kappa shape index (κ1) is 16.4. The van der Waals surface area contributed by atoms with Crippen LogP contribution in [0.1, 0.15) is 35.8 Å². The molecule has 2 aromatic rings. The fourth-order valence-electron chi connectivity index (χ4n) is 2.19. The molecule has 0 spiro atoms. The average Bonchev–Trinajstić information content (AvgIpc) is 2.54. The summed E-state index contributed by atoms with van der Waals surface area (Å²) in [6.45, 7) is 3.25. The number of carbonyl (C=O) groups excluding carboxylic acids is 1. The Hall–Kier alpha value is -1.98. The van der Waals surface area contributed by atoms with Gasteiger partial charge in [-0.05, 0) is 31.5 Å². The second-order valence-corrected chi connectivity index (χ2v) is 7.19. The van der Waals surface area contributed by atoms with Crippen LogP contribution < -0.4 is 0 Å². The van der Waals surface area contributed by atoms with Crippen molar-refractivity contribution < 1.29 is 13.2 Å². The highest BCUT2D eigenvalue weighted by molar-refractivity contribution is 7.89. The molecule has 4 nitrogen and oxygen atoms in total. The van der Waals surface area contributed by atoms with Crippen molar-refractivity contribution in [3.05, 3.63) is 65.7 Å². The molecule has 2 rings (SSSR count). The topological polar surface area (TPSA) is 54.5 Å². The fraction of sp³-hybridized carbons (Fsp3) is 0.235. The lowest BCUT2D eigenvalue weighted by Gasteiger charge is -2.24. The summed E-state index contributed by atoms with van der Waals surface area (Å²) in [6.07, 6.45) is 0. The van der Waals surface area contributed by atoms with Crippen molar-refractivity contribution in [2.75, 3.05) is 7.05 Å². The van der Waals surface area contributed by atoms with Gasteiger partial charge in [0, 0.05) is 18.7 Å². The van der Waals surface area contributed by atoms with Crippen molar-refractivity contribution in [3.63, 3.8) is 0 Å². The number of ketones is 1. The number of hydrogen-bond acceptors (Lipinski definition) is 3. The molecule has 0 saturated heterocycles. The second kappa shape index (κ2) is 6.42. The number of hydrogen-bond donors (Lipinski definition) is 0. The van der Waals surface area contributed by atoms with Gasteiger partial charge in [0.05, 0.1) is 4.90 Å². The Morgan fingerprint density at radius 2 is 1.68 bits per heavy atom. The van der Waals surface area contributed by atoms with Gasteiger partial charge >= 0.3 is 0 Å². The molecule has 0 heterocycles. The molecule has 5 heteroatoms. The second-order valence-electron chi connectivity index (χ2n) is 5.19. The standard InChI is InChI=1S/C17H19NO3S/c1-13(15-8-5-4-6-9-15)18(3)22(20,21)17-11-7-10-16(12-17)14(2)19/h4-13H,1-3H3. The van der Waals surface area contributed by atoms with Crippen LogP contribution in [0.3, 0.4) is 0 Å². The van der Waals surface area contributed by atoms with E-state index in [2.05, 4.69) is 0 Å². The zero-order valence-electron chi connectivity index (χ0n) is 12.9. The van der Waals surface area contributed by atoms with E-state index in [4.69, 9.17) is 0 Å². The molecule has 1 unspecified atom stereocenters. The third-order valence-electron chi connectivity index (χ3n) is 3.74. The maximum Gasteiger partial charge on any atom is 0.243 e. The van der Waals surface area contributed by atoms with Gasteiger partial charge in [-0.2, -0.15) is 4.31 Å². The van der Waals surface area contributed by atoms with Gasteiger partial charge in [-0.25, -0.2) is 8.42 Å². The Balaban J connectivity index is 2.37. The Bertz CT molecular complexity index is 770. The first-order valence-corrected chi connectivity index (χ1v) is 8.42. The van der Waals surface area contributed by atoms with Crippen molar-refractivity contribution in [1.29, 1.82) is 0 Å². The Morgan fingerprint density at radius 1 is 1.05 bits per heavy atom. The first-order chi connectivity index (χ1) is 10.3. The molecule has 2 aromatic carbocycles. The van der Waals surface area contributed by atoms with Crippen LogP contribution in [0.4, 0.5) is 0 Å². The largest absolute Gasteiger partial charge is 0.295 e. The third kappa shape index (κ3) is 3.26. The Morgan fingerprint density at radius 3 is 2.27 bits per heavy atom. The SMILES string of the molecule is CC(=O)c1cccc(S(=O)(=O)N(C)C(C)c2ccccc2)c1. The molecule has 0 radical (unpaired) electrons. The zero-order valence-corrected chi connectivity index (χ0v) is 13.7. The third-order valence-corrected chi connectivity index (χ3v) is 5.67. The van der Waals surface area contributed by atoms with E-state index >= 15 is 0 Å².